The van der Waals surface area contributed by atoms with E-state index in [9.17, 15) is 0 Å². The fraction of sp³-hybridized carbons (Fsp3) is 1.00. The second kappa shape index (κ2) is 7.17. The Morgan fingerprint density at radius 2 is 0.714 bits per heavy atom. The summed E-state index contributed by atoms with van der Waals surface area (Å²) in [4.78, 5) is 0. The van der Waals surface area contributed by atoms with Gasteiger partial charge in [-0.05, 0) is 82.1 Å². The number of nitrogens with one attached hydrogen (secondary N) is 4. The van der Waals surface area contributed by atoms with Crippen LogP contribution in [0.5, 0.6) is 0 Å². The first-order valence-electron chi connectivity index (χ1n) is 11.1. The number of unbranched alkanes of at least 4 members (excludes halogenated alkanes) is 1. The molecule has 8 N–H and O–H groups in total. The highest BCUT2D eigenvalue weighted by Gasteiger charge is 2.54. The molecule has 2 atom stereocenters. The van der Waals surface area contributed by atoms with Gasteiger partial charge in [-0.3, -0.25) is 21.3 Å². The second-order valence-electron chi connectivity index (χ2n) is 11.9. The van der Waals surface area contributed by atoms with Gasteiger partial charge < -0.3 is 11.5 Å². The summed E-state index contributed by atoms with van der Waals surface area (Å²) in [5, 5.41) is 14.9. The maximum atomic E-state index is 6.61. The lowest BCUT2D eigenvalue weighted by molar-refractivity contribution is 0.241. The summed E-state index contributed by atoms with van der Waals surface area (Å²) in [5.41, 5.74) is 12.7. The molecule has 2 saturated heterocycles. The van der Waals surface area contributed by atoms with E-state index in [4.69, 9.17) is 11.5 Å². The van der Waals surface area contributed by atoms with Crippen molar-refractivity contribution in [2.45, 2.75) is 140 Å². The minimum absolute atomic E-state index is 0.00423. The summed E-state index contributed by atoms with van der Waals surface area (Å²) in [6.07, 6.45) is 4.11. The van der Waals surface area contributed by atoms with Crippen molar-refractivity contribution in [3.63, 3.8) is 0 Å². The molecule has 2 unspecified atom stereocenters. The highest BCUT2D eigenvalue weighted by Crippen LogP contribution is 2.35. The minimum atomic E-state index is -0.246. The number of hydrogen-bond acceptors (Lipinski definition) is 6. The van der Waals surface area contributed by atoms with Crippen molar-refractivity contribution >= 4 is 0 Å². The van der Waals surface area contributed by atoms with Crippen molar-refractivity contribution < 1.29 is 0 Å². The Morgan fingerprint density at radius 3 is 0.929 bits per heavy atom. The Kier molecular flexibility index (Phi) is 6.16. The van der Waals surface area contributed by atoms with Gasteiger partial charge in [-0.15, -0.1) is 0 Å². The monoisotopic (exact) mass is 396 g/mol. The zero-order chi connectivity index (χ0) is 21.8. The quantitative estimate of drug-likeness (QED) is 0.369. The summed E-state index contributed by atoms with van der Waals surface area (Å²) < 4.78 is 0. The van der Waals surface area contributed by atoms with Crippen LogP contribution in [0.1, 0.15) is 94.9 Å². The molecule has 0 amide bonds. The van der Waals surface area contributed by atoms with Crippen LogP contribution in [0.25, 0.3) is 0 Å². The molecule has 2 fully saturated rings. The van der Waals surface area contributed by atoms with Crippen LogP contribution in [0, 0.1) is 0 Å². The molecule has 2 aliphatic heterocycles. The number of hydrogen-bond donors (Lipinski definition) is 6. The fourth-order valence-corrected chi connectivity index (χ4v) is 4.96. The molecule has 6 nitrogen and oxygen atoms in total. The Labute approximate surface area is 173 Å². The fourth-order valence-electron chi connectivity index (χ4n) is 4.96. The minimum Gasteiger partial charge on any atom is -0.325 e. The van der Waals surface area contributed by atoms with Crippen LogP contribution in [-0.2, 0) is 0 Å². The molecule has 0 aromatic rings. The van der Waals surface area contributed by atoms with Gasteiger partial charge in [0.1, 0.15) is 0 Å². The summed E-state index contributed by atoms with van der Waals surface area (Å²) in [7, 11) is 0. The van der Waals surface area contributed by atoms with Crippen LogP contribution in [0.3, 0.4) is 0 Å². The van der Waals surface area contributed by atoms with Crippen molar-refractivity contribution in [3.8, 4) is 0 Å². The molecule has 2 heterocycles. The van der Waals surface area contributed by atoms with Gasteiger partial charge in [0, 0.05) is 34.2 Å². The molecule has 0 aromatic carbocycles. The average molecular weight is 397 g/mol. The number of rotatable bonds is 7. The summed E-state index contributed by atoms with van der Waals surface area (Å²) in [6.45, 7) is 22.3. The van der Waals surface area contributed by atoms with Gasteiger partial charge in [-0.25, -0.2) is 0 Å². The molecule has 0 aliphatic carbocycles. The molecule has 28 heavy (non-hydrogen) atoms. The molecule has 2 rings (SSSR count). The van der Waals surface area contributed by atoms with E-state index < -0.39 is 0 Å². The predicted molar refractivity (Wildman–Crippen MR) is 120 cm³/mol. The van der Waals surface area contributed by atoms with Crippen LogP contribution >= 0.6 is 0 Å². The Balaban J connectivity index is 1.83. The van der Waals surface area contributed by atoms with Gasteiger partial charge in [0.05, 0.1) is 11.3 Å². The smallest absolute Gasteiger partial charge is 0.0823 e. The molecule has 0 radical (unpaired) electrons. The third kappa shape index (κ3) is 4.28. The first-order chi connectivity index (χ1) is 12.4. The van der Waals surface area contributed by atoms with E-state index in [1.165, 1.54) is 0 Å². The summed E-state index contributed by atoms with van der Waals surface area (Å²) in [6, 6.07) is 0.113. The lowest BCUT2D eigenvalue weighted by Gasteiger charge is -2.35. The average Bonchev–Trinajstić information content (AvgIpc) is 2.76. The van der Waals surface area contributed by atoms with E-state index in [1.54, 1.807) is 0 Å². The SMILES string of the molecule is CC1(C(N)CCCCC(N)C2(C)NC(C)(C)C(C)(C)N2)NC(C)(C)C(C)(C)N1. The van der Waals surface area contributed by atoms with Gasteiger partial charge in [-0.1, -0.05) is 12.8 Å². The molecule has 0 aromatic heterocycles. The van der Waals surface area contributed by atoms with E-state index in [1.807, 2.05) is 0 Å². The Morgan fingerprint density at radius 1 is 0.500 bits per heavy atom. The van der Waals surface area contributed by atoms with E-state index in [2.05, 4.69) is 90.5 Å². The van der Waals surface area contributed by atoms with E-state index in [0.29, 0.717) is 0 Å². The van der Waals surface area contributed by atoms with Crippen LogP contribution in [0.15, 0.2) is 0 Å². The second-order valence-corrected chi connectivity index (χ2v) is 11.9. The van der Waals surface area contributed by atoms with E-state index >= 15 is 0 Å². The predicted octanol–water partition coefficient (Wildman–Crippen LogP) is 2.13. The van der Waals surface area contributed by atoms with Crippen molar-refractivity contribution in [2.75, 3.05) is 0 Å². The molecular weight excluding hydrogens is 348 g/mol. The summed E-state index contributed by atoms with van der Waals surface area (Å²) >= 11 is 0. The lowest BCUT2D eigenvalue weighted by Crippen LogP contribution is -2.62. The Hall–Kier alpha value is -0.240. The van der Waals surface area contributed by atoms with Gasteiger partial charge in [0.25, 0.3) is 0 Å². The van der Waals surface area contributed by atoms with Crippen LogP contribution in [0.4, 0.5) is 0 Å². The molecule has 2 aliphatic rings. The first-order valence-corrected chi connectivity index (χ1v) is 11.1. The molecular formula is C22H48N6. The topological polar surface area (TPSA) is 100 Å². The Bertz CT molecular complexity index is 483. The van der Waals surface area contributed by atoms with Gasteiger partial charge in [0.15, 0.2) is 0 Å². The standard InChI is InChI=1S/C22H48N6/c1-17(2)18(3,4)26-21(9,25-17)15(23)13-11-12-14-16(24)22(10)27-19(5,6)20(7,8)28-22/h15-16,25-28H,11-14,23-24H2,1-10H3. The van der Waals surface area contributed by atoms with Crippen LogP contribution in [-0.4, -0.2) is 45.6 Å². The highest BCUT2D eigenvalue weighted by molar-refractivity contribution is 5.16. The van der Waals surface area contributed by atoms with Crippen molar-refractivity contribution in [1.82, 2.24) is 21.3 Å². The van der Waals surface area contributed by atoms with Crippen LogP contribution in [0.2, 0.25) is 0 Å². The normalized spacial score (nSPS) is 30.9. The molecule has 6 heteroatoms. The van der Waals surface area contributed by atoms with Gasteiger partial charge >= 0.3 is 0 Å². The van der Waals surface area contributed by atoms with Gasteiger partial charge in [-0.2, -0.15) is 0 Å². The maximum absolute atomic E-state index is 6.61. The highest BCUT2D eigenvalue weighted by atomic mass is 15.4. The number of nitrogens with two attached hydrogens (primary N) is 2. The summed E-state index contributed by atoms with van der Waals surface area (Å²) in [5.74, 6) is 0. The molecule has 0 bridgehead atoms. The van der Waals surface area contributed by atoms with Crippen LogP contribution < -0.4 is 32.7 Å². The molecule has 0 saturated carbocycles. The zero-order valence-electron chi connectivity index (χ0n) is 20.1. The van der Waals surface area contributed by atoms with Gasteiger partial charge in [0.2, 0.25) is 0 Å². The van der Waals surface area contributed by atoms with E-state index in [-0.39, 0.29) is 45.6 Å². The van der Waals surface area contributed by atoms with E-state index in [0.717, 1.165) is 25.7 Å². The molecule has 0 spiro atoms. The molecule has 166 valence electrons. The van der Waals surface area contributed by atoms with Crippen molar-refractivity contribution in [1.29, 1.82) is 0 Å². The lowest BCUT2D eigenvalue weighted by atomic mass is 9.85. The maximum Gasteiger partial charge on any atom is 0.0823 e. The first kappa shape index (κ1) is 24.0. The third-order valence-corrected chi connectivity index (χ3v) is 8.18. The van der Waals surface area contributed by atoms with Crippen molar-refractivity contribution in [2.24, 2.45) is 11.5 Å². The van der Waals surface area contributed by atoms with Crippen molar-refractivity contribution in [3.05, 3.63) is 0 Å². The largest absolute Gasteiger partial charge is 0.325 e. The third-order valence-electron chi connectivity index (χ3n) is 8.18. The zero-order valence-corrected chi connectivity index (χ0v) is 20.1.